The normalized spacial score (nSPS) is 20.0. The lowest BCUT2D eigenvalue weighted by Gasteiger charge is -2.28. The van der Waals surface area contributed by atoms with Gasteiger partial charge in [0.25, 0.3) is 0 Å². The lowest BCUT2D eigenvalue weighted by molar-refractivity contribution is -0.128. The number of pyridine rings is 1. The zero-order valence-electron chi connectivity index (χ0n) is 13.4. The van der Waals surface area contributed by atoms with Crippen LogP contribution in [0.3, 0.4) is 0 Å². The molecule has 5 nitrogen and oxygen atoms in total. The molecule has 1 aliphatic rings. The van der Waals surface area contributed by atoms with Gasteiger partial charge in [0.15, 0.2) is 0 Å². The predicted octanol–water partition coefficient (Wildman–Crippen LogP) is 1.68. The zero-order valence-corrected chi connectivity index (χ0v) is 14.3. The number of amides is 2. The van der Waals surface area contributed by atoms with E-state index in [4.69, 9.17) is 0 Å². The fraction of sp³-hybridized carbons (Fsp3) is 0.278. The summed E-state index contributed by atoms with van der Waals surface area (Å²) in [6.07, 6.45) is 1.97. The number of carbonyl (C=O) groups is 2. The van der Waals surface area contributed by atoms with Crippen LogP contribution in [0.25, 0.3) is 0 Å². The van der Waals surface area contributed by atoms with E-state index in [1.165, 1.54) is 17.8 Å². The van der Waals surface area contributed by atoms with Crippen LogP contribution in [0.1, 0.15) is 11.3 Å². The molecule has 0 spiro atoms. The third-order valence-corrected chi connectivity index (χ3v) is 5.23. The van der Waals surface area contributed by atoms with E-state index in [1.807, 2.05) is 12.1 Å². The first kappa shape index (κ1) is 17.4. The van der Waals surface area contributed by atoms with Gasteiger partial charge in [-0.25, -0.2) is 4.39 Å². The average molecular weight is 359 g/mol. The van der Waals surface area contributed by atoms with Gasteiger partial charge in [0.2, 0.25) is 11.8 Å². The first-order valence-electron chi connectivity index (χ1n) is 7.96. The molecule has 0 aliphatic carbocycles. The summed E-state index contributed by atoms with van der Waals surface area (Å²) in [5, 5.41) is 5.11. The molecule has 2 atom stereocenters. The first-order chi connectivity index (χ1) is 12.1. The van der Waals surface area contributed by atoms with Crippen LogP contribution in [0, 0.1) is 5.82 Å². The van der Waals surface area contributed by atoms with Crippen molar-refractivity contribution >= 4 is 23.6 Å². The lowest BCUT2D eigenvalue weighted by atomic mass is 10.1. The minimum atomic E-state index is -0.585. The second kappa shape index (κ2) is 8.11. The summed E-state index contributed by atoms with van der Waals surface area (Å²) in [5.41, 5.74) is 1.26. The second-order valence-electron chi connectivity index (χ2n) is 5.72. The molecule has 2 N–H and O–H groups in total. The highest BCUT2D eigenvalue weighted by molar-refractivity contribution is 8.00. The molecule has 0 bridgehead atoms. The molecule has 1 aromatic heterocycles. The number of nitrogens with zero attached hydrogens (tertiary/aromatic N) is 1. The van der Waals surface area contributed by atoms with Gasteiger partial charge < -0.3 is 10.6 Å². The van der Waals surface area contributed by atoms with Gasteiger partial charge >= 0.3 is 0 Å². The van der Waals surface area contributed by atoms with Gasteiger partial charge in [-0.2, -0.15) is 0 Å². The minimum Gasteiger partial charge on any atom is -0.349 e. The Morgan fingerprint density at radius 1 is 1.28 bits per heavy atom. The van der Waals surface area contributed by atoms with Crippen LogP contribution in [-0.4, -0.2) is 33.8 Å². The Morgan fingerprint density at radius 3 is 2.80 bits per heavy atom. The molecule has 2 amide bonds. The monoisotopic (exact) mass is 359 g/mol. The summed E-state index contributed by atoms with van der Waals surface area (Å²) in [5.74, 6) is -0.335. The zero-order chi connectivity index (χ0) is 17.6. The molecule has 2 heterocycles. The fourth-order valence-corrected chi connectivity index (χ4v) is 3.73. The Kier molecular flexibility index (Phi) is 5.65. The van der Waals surface area contributed by atoms with Gasteiger partial charge in [0.05, 0.1) is 17.5 Å². The highest BCUT2D eigenvalue weighted by atomic mass is 32.2. The third-order valence-electron chi connectivity index (χ3n) is 3.92. The highest BCUT2D eigenvalue weighted by Gasteiger charge is 2.32. The molecule has 0 saturated carbocycles. The maximum atomic E-state index is 13.7. The standard InChI is InChI=1S/C18H18FN3O2S/c19-14-7-2-1-5-12(14)9-16-18(24)22-15(11-25-16)17(23)21-10-13-6-3-4-8-20-13/h1-8,15-16H,9-11H2,(H,21,23)(H,22,24)/t15-,16-/m0/s1. The van der Waals surface area contributed by atoms with Crippen LogP contribution in [0.5, 0.6) is 0 Å². The molecule has 1 saturated heterocycles. The summed E-state index contributed by atoms with van der Waals surface area (Å²) < 4.78 is 13.7. The van der Waals surface area contributed by atoms with Crippen LogP contribution in [-0.2, 0) is 22.6 Å². The lowest BCUT2D eigenvalue weighted by Crippen LogP contribution is -2.54. The molecule has 0 radical (unpaired) electrons. The Labute approximate surface area is 149 Å². The minimum absolute atomic E-state index is 0.238. The second-order valence-corrected chi connectivity index (χ2v) is 6.95. The van der Waals surface area contributed by atoms with Gasteiger partial charge in [0.1, 0.15) is 11.9 Å². The van der Waals surface area contributed by atoms with E-state index in [9.17, 15) is 14.0 Å². The molecule has 7 heteroatoms. The average Bonchev–Trinajstić information content (AvgIpc) is 2.64. The molecule has 2 aromatic rings. The third kappa shape index (κ3) is 4.57. The molecule has 1 aliphatic heterocycles. The molecular formula is C18H18FN3O2S. The molecule has 25 heavy (non-hydrogen) atoms. The van der Waals surface area contributed by atoms with Crippen molar-refractivity contribution in [2.75, 3.05) is 5.75 Å². The summed E-state index contributed by atoms with van der Waals surface area (Å²) in [4.78, 5) is 28.6. The van der Waals surface area contributed by atoms with E-state index in [2.05, 4.69) is 15.6 Å². The summed E-state index contributed by atoms with van der Waals surface area (Å²) in [7, 11) is 0. The van der Waals surface area contributed by atoms with Crippen molar-refractivity contribution in [2.45, 2.75) is 24.3 Å². The quantitative estimate of drug-likeness (QED) is 0.852. The molecule has 1 aromatic carbocycles. The topological polar surface area (TPSA) is 71.1 Å². The van der Waals surface area contributed by atoms with Crippen molar-refractivity contribution in [2.24, 2.45) is 0 Å². The number of rotatable bonds is 5. The Morgan fingerprint density at radius 2 is 2.08 bits per heavy atom. The van der Waals surface area contributed by atoms with Gasteiger partial charge in [-0.15, -0.1) is 11.8 Å². The van der Waals surface area contributed by atoms with Crippen molar-refractivity contribution in [1.82, 2.24) is 15.6 Å². The van der Waals surface area contributed by atoms with E-state index in [1.54, 1.807) is 30.5 Å². The van der Waals surface area contributed by atoms with E-state index < -0.39 is 11.3 Å². The number of hydrogen-bond acceptors (Lipinski definition) is 4. The van der Waals surface area contributed by atoms with Crippen molar-refractivity contribution < 1.29 is 14.0 Å². The molecule has 1 fully saturated rings. The Hall–Kier alpha value is -2.41. The highest BCUT2D eigenvalue weighted by Crippen LogP contribution is 2.23. The number of halogens is 1. The van der Waals surface area contributed by atoms with E-state index in [0.29, 0.717) is 24.3 Å². The van der Waals surface area contributed by atoms with Crippen molar-refractivity contribution in [1.29, 1.82) is 0 Å². The SMILES string of the molecule is O=C(NCc1ccccn1)[C@@H]1CS[C@@H](Cc2ccccc2F)C(=O)N1. The number of benzene rings is 1. The van der Waals surface area contributed by atoms with Crippen molar-refractivity contribution in [3.8, 4) is 0 Å². The summed E-state index contributed by atoms with van der Waals surface area (Å²) in [6.45, 7) is 0.315. The maximum absolute atomic E-state index is 13.7. The van der Waals surface area contributed by atoms with Gasteiger partial charge in [-0.05, 0) is 30.2 Å². The van der Waals surface area contributed by atoms with Crippen LogP contribution in [0.4, 0.5) is 4.39 Å². The number of thioether (sulfide) groups is 1. The number of aromatic nitrogens is 1. The van der Waals surface area contributed by atoms with Crippen molar-refractivity contribution in [3.63, 3.8) is 0 Å². The number of carbonyl (C=O) groups excluding carboxylic acids is 2. The number of hydrogen-bond donors (Lipinski definition) is 2. The summed E-state index contributed by atoms with van der Waals surface area (Å²) in [6, 6.07) is 11.3. The predicted molar refractivity (Wildman–Crippen MR) is 94.4 cm³/mol. The van der Waals surface area contributed by atoms with Crippen LogP contribution < -0.4 is 10.6 Å². The van der Waals surface area contributed by atoms with E-state index >= 15 is 0 Å². The van der Waals surface area contributed by atoms with Crippen LogP contribution in [0.15, 0.2) is 48.7 Å². The van der Waals surface area contributed by atoms with E-state index in [-0.39, 0.29) is 17.6 Å². The van der Waals surface area contributed by atoms with Crippen molar-refractivity contribution in [3.05, 3.63) is 65.7 Å². The Balaban J connectivity index is 1.52. The smallest absolute Gasteiger partial charge is 0.243 e. The molecule has 0 unspecified atom stereocenters. The number of nitrogens with one attached hydrogen (secondary N) is 2. The molecule has 3 rings (SSSR count). The largest absolute Gasteiger partial charge is 0.349 e. The van der Waals surface area contributed by atoms with E-state index in [0.717, 1.165) is 5.69 Å². The van der Waals surface area contributed by atoms with Gasteiger partial charge in [-0.3, -0.25) is 14.6 Å². The maximum Gasteiger partial charge on any atom is 0.243 e. The van der Waals surface area contributed by atoms with Crippen LogP contribution in [0.2, 0.25) is 0 Å². The Bertz CT molecular complexity index is 757. The molecular weight excluding hydrogens is 341 g/mol. The fourth-order valence-electron chi connectivity index (χ4n) is 2.55. The van der Waals surface area contributed by atoms with Crippen LogP contribution >= 0.6 is 11.8 Å². The first-order valence-corrected chi connectivity index (χ1v) is 9.01. The van der Waals surface area contributed by atoms with Gasteiger partial charge in [0, 0.05) is 11.9 Å². The summed E-state index contributed by atoms with van der Waals surface area (Å²) >= 11 is 1.38. The molecule has 130 valence electrons. The van der Waals surface area contributed by atoms with Gasteiger partial charge in [-0.1, -0.05) is 24.3 Å².